The van der Waals surface area contributed by atoms with E-state index >= 15 is 0 Å². The summed E-state index contributed by atoms with van der Waals surface area (Å²) in [5, 5.41) is 30.6. The smallest absolute Gasteiger partial charge is 0.143 e. The van der Waals surface area contributed by atoms with Crippen LogP contribution in [0.15, 0.2) is 170 Å². The molecule has 0 heterocycles. The van der Waals surface area contributed by atoms with Gasteiger partial charge in [0.25, 0.3) is 0 Å². The number of hydrogen-bond acceptors (Lipinski definition) is 10. The molecule has 0 unspecified atom stereocenters. The molecule has 0 aliphatic carbocycles. The van der Waals surface area contributed by atoms with Gasteiger partial charge in [-0.1, -0.05) is 97.1 Å². The third-order valence-electron chi connectivity index (χ3n) is 7.16. The van der Waals surface area contributed by atoms with Crippen molar-refractivity contribution in [2.45, 2.75) is 0 Å². The Labute approximate surface area is 319 Å². The van der Waals surface area contributed by atoms with E-state index in [0.29, 0.717) is 0 Å². The molecule has 0 atom stereocenters. The van der Waals surface area contributed by atoms with Gasteiger partial charge in [-0.15, -0.1) is 0 Å². The zero-order valence-corrected chi connectivity index (χ0v) is 31.3. The fraction of sp³-hybridized carbons (Fsp3) is 0.182. The first-order chi connectivity index (χ1) is 26.5. The highest BCUT2D eigenvalue weighted by molar-refractivity contribution is 5.80. The summed E-state index contributed by atoms with van der Waals surface area (Å²) >= 11 is 0. The molecule has 286 valence electrons. The maximum atomic E-state index is 7.65. The first-order valence-electron chi connectivity index (χ1n) is 16.9. The lowest BCUT2D eigenvalue weighted by Gasteiger charge is -2.26. The quantitative estimate of drug-likeness (QED) is 0.0962. The van der Waals surface area contributed by atoms with E-state index in [1.54, 1.807) is 0 Å². The summed E-state index contributed by atoms with van der Waals surface area (Å²) in [6.45, 7) is -0.722. The van der Waals surface area contributed by atoms with Gasteiger partial charge in [0.05, 0.1) is 0 Å². The number of ether oxygens (including phenoxy) is 4. The largest absolute Gasteiger partial charge is 0.371 e. The minimum Gasteiger partial charge on any atom is -0.371 e. The van der Waals surface area contributed by atoms with Crippen molar-refractivity contribution in [1.82, 2.24) is 0 Å². The molecular formula is C44H52N2O8. The summed E-state index contributed by atoms with van der Waals surface area (Å²) in [5.41, 5.74) is 9.18. The molecule has 0 bridgehead atoms. The number of rotatable bonds is 11. The number of hydrogen-bond donors (Lipinski definition) is 4. The Morgan fingerprint density at radius 1 is 0.296 bits per heavy atom. The minimum atomic E-state index is -0.181. The van der Waals surface area contributed by atoms with E-state index in [-0.39, 0.29) is 27.2 Å². The molecule has 6 aromatic carbocycles. The van der Waals surface area contributed by atoms with Gasteiger partial charge in [0.2, 0.25) is 0 Å². The number of methoxy groups -OCH3 is 4. The second kappa shape index (κ2) is 28.1. The number of nitrogens with zero attached hydrogens (tertiary/aromatic N) is 2. The summed E-state index contributed by atoms with van der Waals surface area (Å²) in [6.07, 6.45) is 0. The van der Waals surface area contributed by atoms with Crippen molar-refractivity contribution in [3.63, 3.8) is 0 Å². The Kier molecular flexibility index (Phi) is 23.3. The predicted octanol–water partition coefficient (Wildman–Crippen LogP) is 8.62. The topological polar surface area (TPSA) is 124 Å². The summed E-state index contributed by atoms with van der Waals surface area (Å²) in [4.78, 5) is 4.56. The second-order valence-electron chi connectivity index (χ2n) is 10.8. The van der Waals surface area contributed by atoms with Crippen molar-refractivity contribution >= 4 is 34.1 Å². The zero-order valence-electron chi connectivity index (χ0n) is 31.3. The molecule has 0 radical (unpaired) electrons. The standard InChI is InChI=1S/C36H28N2.4C2H6O2/c1-5-13-31(14-6-1)37(32-15-7-2-8-16-32)35-25-21-29(22-26-35)30-23-27-36(28-24-30)38(33-17-9-3-10-18-33)34-19-11-4-12-20-34;4*1-4-2-3/h1-28H;4*3H,2H2,1H3. The van der Waals surface area contributed by atoms with Crippen molar-refractivity contribution in [2.24, 2.45) is 0 Å². The van der Waals surface area contributed by atoms with Gasteiger partial charge in [-0.05, 0) is 83.9 Å². The molecule has 0 amide bonds. The van der Waals surface area contributed by atoms with Gasteiger partial charge in [-0.3, -0.25) is 0 Å². The summed E-state index contributed by atoms with van der Waals surface area (Å²) in [5.74, 6) is 0. The van der Waals surface area contributed by atoms with Crippen molar-refractivity contribution < 1.29 is 39.4 Å². The maximum Gasteiger partial charge on any atom is 0.143 e. The van der Waals surface area contributed by atoms with E-state index in [9.17, 15) is 0 Å². The predicted molar refractivity (Wildman–Crippen MR) is 218 cm³/mol. The number of anilines is 6. The Morgan fingerprint density at radius 3 is 0.630 bits per heavy atom. The number of benzene rings is 6. The van der Waals surface area contributed by atoms with Crippen LogP contribution in [0.1, 0.15) is 0 Å². The van der Waals surface area contributed by atoms with Crippen LogP contribution in [0, 0.1) is 0 Å². The van der Waals surface area contributed by atoms with E-state index < -0.39 is 0 Å². The van der Waals surface area contributed by atoms with Crippen LogP contribution in [0.4, 0.5) is 34.1 Å². The molecule has 0 saturated heterocycles. The summed E-state index contributed by atoms with van der Waals surface area (Å²) in [6, 6.07) is 59.6. The van der Waals surface area contributed by atoms with Crippen LogP contribution in [0.25, 0.3) is 11.1 Å². The fourth-order valence-corrected chi connectivity index (χ4v) is 4.81. The van der Waals surface area contributed by atoms with Crippen molar-refractivity contribution in [3.8, 4) is 11.1 Å². The molecule has 0 aliphatic heterocycles. The van der Waals surface area contributed by atoms with E-state index in [4.69, 9.17) is 20.4 Å². The first-order valence-corrected chi connectivity index (χ1v) is 16.9. The van der Waals surface area contributed by atoms with Crippen LogP contribution in [-0.2, 0) is 18.9 Å². The second-order valence-corrected chi connectivity index (χ2v) is 10.8. The van der Waals surface area contributed by atoms with Gasteiger partial charge in [-0.2, -0.15) is 0 Å². The molecule has 54 heavy (non-hydrogen) atoms. The van der Waals surface area contributed by atoms with E-state index in [0.717, 1.165) is 34.1 Å². The molecule has 4 N–H and O–H groups in total. The molecule has 0 fully saturated rings. The van der Waals surface area contributed by atoms with Gasteiger partial charge in [-0.25, -0.2) is 0 Å². The molecule has 6 rings (SSSR count). The van der Waals surface area contributed by atoms with Crippen LogP contribution in [0.5, 0.6) is 0 Å². The third-order valence-corrected chi connectivity index (χ3v) is 7.16. The zero-order chi connectivity index (χ0) is 39.2. The minimum absolute atomic E-state index is 0.181. The van der Waals surface area contributed by atoms with Gasteiger partial charge in [0.15, 0.2) is 0 Å². The van der Waals surface area contributed by atoms with Crippen LogP contribution < -0.4 is 9.80 Å². The molecular weight excluding hydrogens is 684 g/mol. The summed E-state index contributed by atoms with van der Waals surface area (Å²) < 4.78 is 16.4. The number of para-hydroxylation sites is 4. The molecule has 10 nitrogen and oxygen atoms in total. The lowest BCUT2D eigenvalue weighted by atomic mass is 10.0. The average molecular weight is 737 g/mol. The van der Waals surface area contributed by atoms with Crippen LogP contribution in [0.2, 0.25) is 0 Å². The highest BCUT2D eigenvalue weighted by Gasteiger charge is 2.14. The first kappa shape index (κ1) is 44.8. The van der Waals surface area contributed by atoms with Crippen molar-refractivity contribution in [3.05, 3.63) is 170 Å². The lowest BCUT2D eigenvalue weighted by Crippen LogP contribution is -2.09. The Hall–Kier alpha value is -5.40. The third kappa shape index (κ3) is 15.7. The number of aliphatic hydroxyl groups is 4. The molecule has 0 aromatic heterocycles. The molecule has 0 spiro atoms. The molecule has 10 heteroatoms. The van der Waals surface area contributed by atoms with E-state index in [2.05, 4.69) is 199 Å². The monoisotopic (exact) mass is 736 g/mol. The Morgan fingerprint density at radius 2 is 0.463 bits per heavy atom. The molecule has 6 aromatic rings. The van der Waals surface area contributed by atoms with Crippen molar-refractivity contribution in [1.29, 1.82) is 0 Å². The maximum absolute atomic E-state index is 7.65. The van der Waals surface area contributed by atoms with Gasteiger partial charge >= 0.3 is 0 Å². The van der Waals surface area contributed by atoms with E-state index in [1.807, 2.05) is 0 Å². The van der Waals surface area contributed by atoms with Gasteiger partial charge in [0.1, 0.15) is 27.2 Å². The highest BCUT2D eigenvalue weighted by atomic mass is 16.6. The SMILES string of the molecule is COCO.COCO.COCO.COCO.c1ccc(N(c2ccccc2)c2ccc(-c3ccc(N(c4ccccc4)c4ccccc4)cc3)cc2)cc1. The van der Waals surface area contributed by atoms with Gasteiger partial charge in [0, 0.05) is 62.6 Å². The van der Waals surface area contributed by atoms with E-state index in [1.165, 1.54) is 39.6 Å². The van der Waals surface area contributed by atoms with Gasteiger partial charge < -0.3 is 49.2 Å². The summed E-state index contributed by atoms with van der Waals surface area (Å²) in [7, 11) is 5.72. The normalized spacial score (nSPS) is 9.70. The Bertz CT molecular complexity index is 1500. The number of aliphatic hydroxyl groups excluding tert-OH is 4. The fourth-order valence-electron chi connectivity index (χ4n) is 4.81. The Balaban J connectivity index is 0.000000537. The van der Waals surface area contributed by atoms with Crippen LogP contribution in [-0.4, -0.2) is 76.0 Å². The van der Waals surface area contributed by atoms with Crippen molar-refractivity contribution in [2.75, 3.05) is 65.4 Å². The highest BCUT2D eigenvalue weighted by Crippen LogP contribution is 2.37. The average Bonchev–Trinajstić information content (AvgIpc) is 3.26. The lowest BCUT2D eigenvalue weighted by molar-refractivity contribution is 0.0322. The van der Waals surface area contributed by atoms with Crippen LogP contribution >= 0.6 is 0 Å². The molecule has 0 saturated carbocycles. The molecule has 0 aliphatic rings. The van der Waals surface area contributed by atoms with Crippen LogP contribution in [0.3, 0.4) is 0 Å².